The molecule has 3 heteroatoms. The van der Waals surface area contributed by atoms with Gasteiger partial charge in [-0.15, -0.1) is 0 Å². The van der Waals surface area contributed by atoms with Gasteiger partial charge >= 0.3 is 0 Å². The molecule has 0 saturated carbocycles. The van der Waals surface area contributed by atoms with Crippen molar-refractivity contribution in [2.24, 2.45) is 5.73 Å². The van der Waals surface area contributed by atoms with Crippen LogP contribution in [0, 0.1) is 0 Å². The Morgan fingerprint density at radius 3 is 2.20 bits per heavy atom. The smallest absolute Gasteiger partial charge is 0.152 e. The van der Waals surface area contributed by atoms with E-state index in [1.54, 1.807) is 0 Å². The Labute approximate surface area is 62.4 Å². The van der Waals surface area contributed by atoms with Crippen molar-refractivity contribution in [3.8, 4) is 0 Å². The van der Waals surface area contributed by atoms with Crippen LogP contribution in [0.5, 0.6) is 0 Å². The van der Waals surface area contributed by atoms with E-state index < -0.39 is 0 Å². The molecule has 0 aromatic carbocycles. The van der Waals surface area contributed by atoms with Crippen molar-refractivity contribution < 1.29 is 9.28 Å². The minimum Gasteiger partial charge on any atom is -0.331 e. The van der Waals surface area contributed by atoms with Gasteiger partial charge in [-0.25, -0.2) is 0 Å². The van der Waals surface area contributed by atoms with Gasteiger partial charge in [0.05, 0.1) is 40.7 Å². The number of quaternary nitrogens is 1. The molecule has 0 radical (unpaired) electrons. The van der Waals surface area contributed by atoms with Crippen LogP contribution in [0.25, 0.3) is 0 Å². The van der Waals surface area contributed by atoms with E-state index in [-0.39, 0.29) is 12.3 Å². The van der Waals surface area contributed by atoms with Crippen molar-refractivity contribution in [3.05, 3.63) is 0 Å². The Morgan fingerprint density at radius 1 is 1.40 bits per heavy atom. The summed E-state index contributed by atoms with van der Waals surface area (Å²) in [5, 5.41) is 0. The molecule has 0 aliphatic carbocycles. The van der Waals surface area contributed by atoms with Gasteiger partial charge in [-0.3, -0.25) is 4.79 Å². The fourth-order valence-corrected chi connectivity index (χ4v) is 0.562. The van der Waals surface area contributed by atoms with Crippen LogP contribution >= 0.6 is 0 Å². The van der Waals surface area contributed by atoms with Crippen LogP contribution in [0.1, 0.15) is 6.42 Å². The lowest BCUT2D eigenvalue weighted by atomic mass is 10.2. The highest BCUT2D eigenvalue weighted by molar-refractivity contribution is 5.80. The molecular formula is C7H17N2O+. The SMILES string of the molecule is C[N+](C)(C)CCC(=O)CN. The van der Waals surface area contributed by atoms with Gasteiger partial charge in [-0.1, -0.05) is 0 Å². The monoisotopic (exact) mass is 145 g/mol. The van der Waals surface area contributed by atoms with Crippen molar-refractivity contribution in [3.63, 3.8) is 0 Å². The van der Waals surface area contributed by atoms with Crippen molar-refractivity contribution in [2.45, 2.75) is 6.42 Å². The van der Waals surface area contributed by atoms with E-state index in [4.69, 9.17) is 5.73 Å². The number of hydrogen-bond acceptors (Lipinski definition) is 2. The summed E-state index contributed by atoms with van der Waals surface area (Å²) >= 11 is 0. The highest BCUT2D eigenvalue weighted by Crippen LogP contribution is 1.92. The number of carbonyl (C=O) groups is 1. The third-order valence-electron chi connectivity index (χ3n) is 1.29. The van der Waals surface area contributed by atoms with E-state index in [1.807, 2.05) is 0 Å². The van der Waals surface area contributed by atoms with Crippen LogP contribution in [-0.2, 0) is 4.79 Å². The summed E-state index contributed by atoms with van der Waals surface area (Å²) in [6.07, 6.45) is 0.597. The van der Waals surface area contributed by atoms with Crippen LogP contribution in [0.2, 0.25) is 0 Å². The van der Waals surface area contributed by atoms with Crippen molar-refractivity contribution in [2.75, 3.05) is 34.2 Å². The van der Waals surface area contributed by atoms with E-state index in [0.29, 0.717) is 6.42 Å². The summed E-state index contributed by atoms with van der Waals surface area (Å²) in [6.45, 7) is 1.05. The predicted molar refractivity (Wildman–Crippen MR) is 41.6 cm³/mol. The molecule has 0 rings (SSSR count). The molecular weight excluding hydrogens is 128 g/mol. The Kier molecular flexibility index (Phi) is 3.53. The average molecular weight is 145 g/mol. The maximum absolute atomic E-state index is 10.7. The topological polar surface area (TPSA) is 43.1 Å². The summed E-state index contributed by atoms with van der Waals surface area (Å²) in [5.41, 5.74) is 5.14. The van der Waals surface area contributed by atoms with Gasteiger partial charge in [0, 0.05) is 0 Å². The summed E-state index contributed by atoms with van der Waals surface area (Å²) in [7, 11) is 6.18. The van der Waals surface area contributed by atoms with E-state index >= 15 is 0 Å². The first-order chi connectivity index (χ1) is 4.45. The quantitative estimate of drug-likeness (QED) is 0.547. The van der Waals surface area contributed by atoms with Crippen LogP contribution in [0.15, 0.2) is 0 Å². The average Bonchev–Trinajstić information content (AvgIpc) is 1.81. The van der Waals surface area contributed by atoms with Gasteiger partial charge < -0.3 is 10.2 Å². The van der Waals surface area contributed by atoms with Gasteiger partial charge in [0.25, 0.3) is 0 Å². The fraction of sp³-hybridized carbons (Fsp3) is 0.857. The van der Waals surface area contributed by atoms with Crippen LogP contribution < -0.4 is 5.73 Å². The Hall–Kier alpha value is -0.410. The number of nitrogens with zero attached hydrogens (tertiary/aromatic N) is 1. The van der Waals surface area contributed by atoms with Crippen LogP contribution in [-0.4, -0.2) is 44.5 Å². The second-order valence-electron chi connectivity index (χ2n) is 3.51. The molecule has 0 fully saturated rings. The zero-order chi connectivity index (χ0) is 8.20. The number of carbonyl (C=O) groups excluding carboxylic acids is 1. The zero-order valence-corrected chi connectivity index (χ0v) is 7.05. The minimum absolute atomic E-state index is 0.146. The maximum atomic E-state index is 10.7. The molecule has 0 heterocycles. The van der Waals surface area contributed by atoms with Gasteiger partial charge in [-0.2, -0.15) is 0 Å². The van der Waals surface area contributed by atoms with Gasteiger partial charge in [0.15, 0.2) is 5.78 Å². The molecule has 0 aromatic rings. The van der Waals surface area contributed by atoms with Crippen LogP contribution in [0.4, 0.5) is 0 Å². The van der Waals surface area contributed by atoms with Crippen molar-refractivity contribution in [1.29, 1.82) is 0 Å². The molecule has 0 aliphatic heterocycles. The Bertz CT molecular complexity index is 115. The number of nitrogens with two attached hydrogens (primary N) is 1. The minimum atomic E-state index is 0.146. The second-order valence-corrected chi connectivity index (χ2v) is 3.51. The highest BCUT2D eigenvalue weighted by Gasteiger charge is 2.08. The molecule has 0 bridgehead atoms. The first-order valence-corrected chi connectivity index (χ1v) is 3.48. The van der Waals surface area contributed by atoms with Gasteiger partial charge in [0.1, 0.15) is 0 Å². The zero-order valence-electron chi connectivity index (χ0n) is 7.05. The Morgan fingerprint density at radius 2 is 1.90 bits per heavy atom. The first-order valence-electron chi connectivity index (χ1n) is 3.48. The second kappa shape index (κ2) is 3.68. The van der Waals surface area contributed by atoms with Crippen molar-refractivity contribution >= 4 is 5.78 Å². The molecule has 3 nitrogen and oxygen atoms in total. The standard InChI is InChI=1S/C7H17N2O/c1-9(2,3)5-4-7(10)6-8/h4-6,8H2,1-3H3/q+1. The van der Waals surface area contributed by atoms with Gasteiger partial charge in [-0.05, 0) is 0 Å². The first kappa shape index (κ1) is 9.59. The normalized spacial score (nSPS) is 11.6. The number of rotatable bonds is 4. The van der Waals surface area contributed by atoms with E-state index in [1.165, 1.54) is 0 Å². The van der Waals surface area contributed by atoms with E-state index in [2.05, 4.69) is 21.1 Å². The summed E-state index contributed by atoms with van der Waals surface area (Å²) in [5.74, 6) is 0.146. The third-order valence-corrected chi connectivity index (χ3v) is 1.29. The molecule has 0 amide bonds. The van der Waals surface area contributed by atoms with E-state index in [0.717, 1.165) is 11.0 Å². The van der Waals surface area contributed by atoms with E-state index in [9.17, 15) is 4.79 Å². The molecule has 0 saturated heterocycles. The highest BCUT2D eigenvalue weighted by atomic mass is 16.1. The lowest BCUT2D eigenvalue weighted by Gasteiger charge is -2.23. The molecule has 60 valence electrons. The fourth-order valence-electron chi connectivity index (χ4n) is 0.562. The number of Topliss-reactive ketones (excluding diaryl/α,β-unsaturated/α-hetero) is 1. The molecule has 0 atom stereocenters. The molecule has 0 aliphatic rings. The van der Waals surface area contributed by atoms with Crippen molar-refractivity contribution in [1.82, 2.24) is 0 Å². The summed E-state index contributed by atoms with van der Waals surface area (Å²) in [6, 6.07) is 0. The summed E-state index contributed by atoms with van der Waals surface area (Å²) in [4.78, 5) is 10.7. The third kappa shape index (κ3) is 5.72. The van der Waals surface area contributed by atoms with Crippen LogP contribution in [0.3, 0.4) is 0 Å². The number of ketones is 1. The largest absolute Gasteiger partial charge is 0.331 e. The van der Waals surface area contributed by atoms with Gasteiger partial charge in [0.2, 0.25) is 0 Å². The molecule has 0 unspecified atom stereocenters. The maximum Gasteiger partial charge on any atom is 0.152 e. The lowest BCUT2D eigenvalue weighted by Crippen LogP contribution is -2.37. The number of hydrogen-bond donors (Lipinski definition) is 1. The summed E-state index contributed by atoms with van der Waals surface area (Å²) < 4.78 is 0.825. The molecule has 10 heavy (non-hydrogen) atoms. The molecule has 0 aromatic heterocycles. The lowest BCUT2D eigenvalue weighted by molar-refractivity contribution is -0.869. The predicted octanol–water partition coefficient (Wildman–Crippen LogP) is -0.389. The molecule has 0 spiro atoms. The Balaban J connectivity index is 3.46. The molecule has 2 N–H and O–H groups in total.